The highest BCUT2D eigenvalue weighted by Gasteiger charge is 2.29. The number of carbonyl (C=O) groups excluding carboxylic acids is 1. The third kappa shape index (κ3) is 3.72. The van der Waals surface area contributed by atoms with E-state index in [1.165, 1.54) is 0 Å². The molecule has 0 aliphatic heterocycles. The van der Waals surface area contributed by atoms with Crippen molar-refractivity contribution in [1.82, 2.24) is 10.3 Å². The van der Waals surface area contributed by atoms with Crippen LogP contribution in [0.4, 0.5) is 5.82 Å². The normalized spacial score (nSPS) is 11.3. The van der Waals surface area contributed by atoms with Crippen LogP contribution in [0.25, 0.3) is 0 Å². The van der Waals surface area contributed by atoms with Crippen LogP contribution in [0.5, 0.6) is 0 Å². The van der Waals surface area contributed by atoms with Gasteiger partial charge < -0.3 is 11.1 Å². The largest absolute Gasteiger partial charge is 0.384 e. The summed E-state index contributed by atoms with van der Waals surface area (Å²) in [6, 6.07) is 3.58. The van der Waals surface area contributed by atoms with Gasteiger partial charge in [-0.05, 0) is 31.9 Å². The Morgan fingerprint density at radius 1 is 1.39 bits per heavy atom. The number of rotatable bonds is 6. The highest BCUT2D eigenvalue weighted by atomic mass is 16.2. The minimum Gasteiger partial charge on any atom is -0.384 e. The van der Waals surface area contributed by atoms with Crippen molar-refractivity contribution in [1.29, 1.82) is 0 Å². The summed E-state index contributed by atoms with van der Waals surface area (Å²) in [7, 11) is 0. The summed E-state index contributed by atoms with van der Waals surface area (Å²) in [4.78, 5) is 16.2. The molecule has 18 heavy (non-hydrogen) atoms. The van der Waals surface area contributed by atoms with Crippen LogP contribution in [0, 0.1) is 0 Å². The van der Waals surface area contributed by atoms with Crippen molar-refractivity contribution in [3.8, 4) is 0 Å². The molecule has 4 nitrogen and oxygen atoms in total. The van der Waals surface area contributed by atoms with Gasteiger partial charge in [-0.25, -0.2) is 4.98 Å². The van der Waals surface area contributed by atoms with Crippen molar-refractivity contribution >= 4 is 11.7 Å². The highest BCUT2D eigenvalue weighted by molar-refractivity contribution is 5.87. The maximum Gasteiger partial charge on any atom is 0.230 e. The molecule has 0 saturated carbocycles. The van der Waals surface area contributed by atoms with Crippen LogP contribution in [-0.2, 0) is 10.2 Å². The summed E-state index contributed by atoms with van der Waals surface area (Å²) in [6.45, 7) is 6.68. The number of unbranched alkanes of at least 4 members (excludes halogenated alkanes) is 2. The van der Waals surface area contributed by atoms with Gasteiger partial charge in [0.2, 0.25) is 5.91 Å². The maximum atomic E-state index is 12.1. The summed E-state index contributed by atoms with van der Waals surface area (Å²) >= 11 is 0. The van der Waals surface area contributed by atoms with E-state index in [0.29, 0.717) is 5.82 Å². The Morgan fingerprint density at radius 3 is 2.67 bits per heavy atom. The van der Waals surface area contributed by atoms with Gasteiger partial charge in [-0.3, -0.25) is 4.79 Å². The number of nitrogens with two attached hydrogens (primary N) is 1. The van der Waals surface area contributed by atoms with E-state index in [9.17, 15) is 4.79 Å². The maximum absolute atomic E-state index is 12.1. The Hall–Kier alpha value is -1.58. The molecule has 0 saturated heterocycles. The molecule has 1 amide bonds. The summed E-state index contributed by atoms with van der Waals surface area (Å²) in [5.41, 5.74) is 5.85. The molecule has 0 atom stereocenters. The van der Waals surface area contributed by atoms with E-state index >= 15 is 0 Å². The van der Waals surface area contributed by atoms with Crippen LogP contribution in [-0.4, -0.2) is 17.4 Å². The number of hydrogen-bond donors (Lipinski definition) is 2. The van der Waals surface area contributed by atoms with E-state index < -0.39 is 5.41 Å². The molecule has 0 fully saturated rings. The fourth-order valence-electron chi connectivity index (χ4n) is 1.70. The standard InChI is InChI=1S/C14H23N3O/c1-4-5-6-9-16-13(18)14(2,3)11-7-8-12(15)17-10-11/h7-8,10H,4-6,9H2,1-3H3,(H2,15,17)(H,16,18). The zero-order chi connectivity index (χ0) is 13.6. The second-order valence-corrected chi connectivity index (χ2v) is 5.06. The van der Waals surface area contributed by atoms with E-state index in [2.05, 4.69) is 17.2 Å². The first-order valence-corrected chi connectivity index (χ1v) is 6.48. The van der Waals surface area contributed by atoms with Gasteiger partial charge >= 0.3 is 0 Å². The van der Waals surface area contributed by atoms with Crippen molar-refractivity contribution in [2.75, 3.05) is 12.3 Å². The van der Waals surface area contributed by atoms with Crippen LogP contribution in [0.15, 0.2) is 18.3 Å². The molecule has 0 bridgehead atoms. The zero-order valence-electron chi connectivity index (χ0n) is 11.5. The first-order valence-electron chi connectivity index (χ1n) is 6.48. The Balaban J connectivity index is 2.61. The fourth-order valence-corrected chi connectivity index (χ4v) is 1.70. The first kappa shape index (κ1) is 14.5. The molecule has 0 unspecified atom stereocenters. The first-order chi connectivity index (χ1) is 8.48. The van der Waals surface area contributed by atoms with Crippen molar-refractivity contribution < 1.29 is 4.79 Å². The van der Waals surface area contributed by atoms with Gasteiger partial charge in [0.25, 0.3) is 0 Å². The Morgan fingerprint density at radius 2 is 2.11 bits per heavy atom. The lowest BCUT2D eigenvalue weighted by molar-refractivity contribution is -0.125. The van der Waals surface area contributed by atoms with Crippen molar-refractivity contribution in [3.05, 3.63) is 23.9 Å². The molecule has 4 heteroatoms. The number of nitrogens with zero attached hydrogens (tertiary/aromatic N) is 1. The molecule has 0 aliphatic carbocycles. The highest BCUT2D eigenvalue weighted by Crippen LogP contribution is 2.23. The third-order valence-electron chi connectivity index (χ3n) is 3.14. The summed E-state index contributed by atoms with van der Waals surface area (Å²) in [6.07, 6.45) is 4.99. The van der Waals surface area contributed by atoms with Crippen LogP contribution in [0.1, 0.15) is 45.6 Å². The van der Waals surface area contributed by atoms with Gasteiger partial charge in [0.05, 0.1) is 5.41 Å². The minimum atomic E-state index is -0.576. The number of hydrogen-bond acceptors (Lipinski definition) is 3. The molecular formula is C14H23N3O. The summed E-state index contributed by atoms with van der Waals surface area (Å²) in [5, 5.41) is 2.97. The number of nitrogen functional groups attached to an aromatic ring is 1. The quantitative estimate of drug-likeness (QED) is 0.760. The topological polar surface area (TPSA) is 68.0 Å². The van der Waals surface area contributed by atoms with Crippen molar-refractivity contribution in [2.45, 2.75) is 45.4 Å². The second kappa shape index (κ2) is 6.38. The predicted octanol–water partition coefficient (Wildman–Crippen LogP) is 2.25. The van der Waals surface area contributed by atoms with Gasteiger partial charge in [0.15, 0.2) is 0 Å². The predicted molar refractivity (Wildman–Crippen MR) is 74.2 cm³/mol. The molecule has 1 aromatic heterocycles. The molecule has 1 heterocycles. The molecule has 0 spiro atoms. The summed E-state index contributed by atoms with van der Waals surface area (Å²) in [5.74, 6) is 0.503. The summed E-state index contributed by atoms with van der Waals surface area (Å²) < 4.78 is 0. The average molecular weight is 249 g/mol. The number of anilines is 1. The molecular weight excluding hydrogens is 226 g/mol. The Labute approximate surface area is 109 Å². The molecule has 0 aromatic carbocycles. The van der Waals surface area contributed by atoms with Gasteiger partial charge in [0.1, 0.15) is 5.82 Å². The molecule has 3 N–H and O–H groups in total. The lowest BCUT2D eigenvalue weighted by Crippen LogP contribution is -2.40. The number of pyridine rings is 1. The van der Waals surface area contributed by atoms with E-state index in [4.69, 9.17) is 5.73 Å². The second-order valence-electron chi connectivity index (χ2n) is 5.06. The minimum absolute atomic E-state index is 0.0326. The van der Waals surface area contributed by atoms with Gasteiger partial charge in [-0.15, -0.1) is 0 Å². The van der Waals surface area contributed by atoms with Gasteiger partial charge in [-0.1, -0.05) is 25.8 Å². The fraction of sp³-hybridized carbons (Fsp3) is 0.571. The average Bonchev–Trinajstić information content (AvgIpc) is 2.35. The molecule has 0 aliphatic rings. The zero-order valence-corrected chi connectivity index (χ0v) is 11.5. The van der Waals surface area contributed by atoms with Crippen LogP contribution < -0.4 is 11.1 Å². The SMILES string of the molecule is CCCCCNC(=O)C(C)(C)c1ccc(N)nc1. The van der Waals surface area contributed by atoms with Gasteiger partial charge in [-0.2, -0.15) is 0 Å². The number of amides is 1. The van der Waals surface area contributed by atoms with Crippen molar-refractivity contribution in [3.63, 3.8) is 0 Å². The lowest BCUT2D eigenvalue weighted by atomic mass is 9.84. The van der Waals surface area contributed by atoms with Crippen LogP contribution in [0.2, 0.25) is 0 Å². The van der Waals surface area contributed by atoms with E-state index in [1.54, 1.807) is 12.3 Å². The van der Waals surface area contributed by atoms with Crippen molar-refractivity contribution in [2.24, 2.45) is 0 Å². The molecule has 100 valence electrons. The number of aromatic nitrogens is 1. The molecule has 0 radical (unpaired) electrons. The monoisotopic (exact) mass is 249 g/mol. The lowest BCUT2D eigenvalue weighted by Gasteiger charge is -2.23. The van der Waals surface area contributed by atoms with E-state index in [0.717, 1.165) is 31.4 Å². The molecule has 1 rings (SSSR count). The van der Waals surface area contributed by atoms with E-state index in [1.807, 2.05) is 19.9 Å². The van der Waals surface area contributed by atoms with E-state index in [-0.39, 0.29) is 5.91 Å². The smallest absolute Gasteiger partial charge is 0.230 e. The Kier molecular flexibility index (Phi) is 5.13. The molecule has 1 aromatic rings. The Bertz CT molecular complexity index is 385. The number of nitrogens with one attached hydrogen (secondary N) is 1. The number of carbonyl (C=O) groups is 1. The van der Waals surface area contributed by atoms with Crippen LogP contribution >= 0.6 is 0 Å². The van der Waals surface area contributed by atoms with Crippen LogP contribution in [0.3, 0.4) is 0 Å². The third-order valence-corrected chi connectivity index (χ3v) is 3.14. The van der Waals surface area contributed by atoms with Gasteiger partial charge in [0, 0.05) is 12.7 Å².